The van der Waals surface area contributed by atoms with Crippen molar-refractivity contribution in [1.29, 1.82) is 5.26 Å². The predicted octanol–water partition coefficient (Wildman–Crippen LogP) is 6.56. The van der Waals surface area contributed by atoms with E-state index in [1.165, 1.54) is 6.20 Å². The molecule has 0 aliphatic rings. The number of carboxylic acid groups (broad SMARTS) is 1. The van der Waals surface area contributed by atoms with Gasteiger partial charge in [0.15, 0.2) is 11.6 Å². The number of Topliss-reactive ketones (excluding diaryl/α,β-unsaturated/α-hetero) is 2. The van der Waals surface area contributed by atoms with Gasteiger partial charge >= 0.3 is 5.97 Å². The van der Waals surface area contributed by atoms with E-state index in [4.69, 9.17) is 10.4 Å². The number of nitrogens with zero attached hydrogens (tertiary/aromatic N) is 8. The minimum Gasteiger partial charge on any atom is -0.478 e. The number of H-pyrrole nitrogens is 1. The van der Waals surface area contributed by atoms with E-state index < -0.39 is 5.97 Å². The number of fused-ring (bicyclic) bond motifs is 4. The largest absolute Gasteiger partial charge is 0.478 e. The molecule has 0 amide bonds. The summed E-state index contributed by atoms with van der Waals surface area (Å²) in [5.41, 5.74) is 5.42. The Hall–Kier alpha value is -5.65. The Bertz CT molecular complexity index is 2470. The van der Waals surface area contributed by atoms with Crippen LogP contribution in [-0.4, -0.2) is 60.6 Å². The lowest BCUT2D eigenvalue weighted by molar-refractivity contribution is 0.0698. The van der Waals surface area contributed by atoms with Gasteiger partial charge in [0.2, 0.25) is 0 Å². The number of nitrogens with one attached hydrogen (secondary N) is 1. The van der Waals surface area contributed by atoms with E-state index >= 15 is 0 Å². The third-order valence-corrected chi connectivity index (χ3v) is 8.51. The van der Waals surface area contributed by atoms with E-state index in [2.05, 4.69) is 59.2 Å². The molecule has 8 rings (SSSR count). The number of pyridine rings is 4. The Morgan fingerprint density at radius 1 is 0.660 bits per heavy atom. The smallest absolute Gasteiger partial charge is 0.337 e. The van der Waals surface area contributed by atoms with Crippen LogP contribution in [0.1, 0.15) is 50.5 Å². The second-order valence-corrected chi connectivity index (χ2v) is 12.3. The molecular weight excluding hydrogens is 691 g/mol. The number of hydrogen-bond donors (Lipinski definition) is 2. The zero-order chi connectivity index (χ0) is 35.9. The third kappa shape index (κ3) is 7.64. The number of carboxylic acids is 1. The zero-order valence-electron chi connectivity index (χ0n) is 26.7. The predicted molar refractivity (Wildman–Crippen MR) is 202 cm³/mol. The highest BCUT2D eigenvalue weighted by atomic mass is 31.0. The molecule has 250 valence electrons. The molecule has 16 heteroatoms. The molecule has 8 aromatic heterocycles. The summed E-state index contributed by atoms with van der Waals surface area (Å²) in [7, 11) is 7.41. The standard InChI is InChI=1S/C9H9N2OP.C9H8N2O.C8H6N3P.C8H7N2O2P/c1-6(12)8-5-11(13)9-7(8)3-2-4-10-9;1-6(12)8-5-11-9-7(8)3-2-4-10-9;9-4-6-5-11(12)8-7(6)2-1-3-10-8;11-8(12)6-4-10(13)7-5(6)2-1-3-9-7/h2-5H,13H2,1H3;2-5H,1H3,(H,10,11);1-3,5H,12H2;1-4H,13H2,(H,11,12). The molecule has 0 radical (unpaired) electrons. The first kappa shape index (κ1) is 35.7. The van der Waals surface area contributed by atoms with Gasteiger partial charge in [-0.15, -0.1) is 0 Å². The lowest BCUT2D eigenvalue weighted by atomic mass is 10.2. The van der Waals surface area contributed by atoms with E-state index in [0.29, 0.717) is 22.2 Å². The summed E-state index contributed by atoms with van der Waals surface area (Å²) in [6.07, 6.45) is 13.5. The van der Waals surface area contributed by atoms with Crippen LogP contribution in [0.5, 0.6) is 0 Å². The summed E-state index contributed by atoms with van der Waals surface area (Å²) < 4.78 is 5.18. The fourth-order valence-corrected chi connectivity index (χ4v) is 6.10. The highest BCUT2D eigenvalue weighted by Crippen LogP contribution is 2.22. The Kier molecular flexibility index (Phi) is 11.2. The SMILES string of the molecule is CC(=O)c1c[nH]c2ncccc12.CC(=O)c1cn(P)c2ncccc12.N#Cc1cn(P)c2ncccc12.O=C(O)c1cn(P)c2ncccc12. The van der Waals surface area contributed by atoms with Crippen LogP contribution in [0.15, 0.2) is 98.1 Å². The highest BCUT2D eigenvalue weighted by Gasteiger charge is 2.13. The van der Waals surface area contributed by atoms with Crippen LogP contribution in [0.3, 0.4) is 0 Å². The summed E-state index contributed by atoms with van der Waals surface area (Å²) in [4.78, 5) is 52.5. The number of rotatable bonds is 3. The molecule has 8 aromatic rings. The van der Waals surface area contributed by atoms with Crippen molar-refractivity contribution in [1.82, 2.24) is 37.9 Å². The Morgan fingerprint density at radius 2 is 1.10 bits per heavy atom. The second-order valence-electron chi connectivity index (χ2n) is 10.6. The minimum atomic E-state index is -0.931. The van der Waals surface area contributed by atoms with Gasteiger partial charge < -0.3 is 23.1 Å². The molecule has 2 N–H and O–H groups in total. The first-order valence-electron chi connectivity index (χ1n) is 14.7. The Labute approximate surface area is 292 Å². The average Bonchev–Trinajstić information content (AvgIpc) is 3.88. The number of ketones is 2. The molecule has 0 saturated heterocycles. The van der Waals surface area contributed by atoms with Crippen molar-refractivity contribution in [3.05, 3.63) is 120 Å². The topological polar surface area (TPSA) is 177 Å². The maximum atomic E-state index is 11.2. The van der Waals surface area contributed by atoms with Gasteiger partial charge in [0.05, 0.1) is 11.1 Å². The summed E-state index contributed by atoms with van der Waals surface area (Å²) >= 11 is 0. The quantitative estimate of drug-likeness (QED) is 0.151. The Balaban J connectivity index is 0.000000130. The molecule has 3 atom stereocenters. The van der Waals surface area contributed by atoms with Crippen molar-refractivity contribution < 1.29 is 19.5 Å². The van der Waals surface area contributed by atoms with Gasteiger partial charge in [-0.25, -0.2) is 24.7 Å². The van der Waals surface area contributed by atoms with Gasteiger partial charge in [0, 0.05) is 82.2 Å². The number of carbonyl (C=O) groups excluding carboxylic acids is 2. The second kappa shape index (κ2) is 15.7. The van der Waals surface area contributed by atoms with Gasteiger partial charge in [-0.05, 0) is 90.6 Å². The molecule has 0 aliphatic carbocycles. The van der Waals surface area contributed by atoms with Crippen molar-refractivity contribution in [3.8, 4) is 6.07 Å². The van der Waals surface area contributed by atoms with Gasteiger partial charge in [-0.2, -0.15) is 5.26 Å². The van der Waals surface area contributed by atoms with Crippen LogP contribution in [-0.2, 0) is 0 Å². The van der Waals surface area contributed by atoms with Crippen molar-refractivity contribution in [2.45, 2.75) is 13.8 Å². The lowest BCUT2D eigenvalue weighted by Gasteiger charge is -1.91. The normalized spacial score (nSPS) is 10.4. The van der Waals surface area contributed by atoms with Crippen LogP contribution < -0.4 is 0 Å². The van der Waals surface area contributed by atoms with Crippen molar-refractivity contribution in [2.75, 3.05) is 0 Å². The molecule has 50 heavy (non-hydrogen) atoms. The van der Waals surface area contributed by atoms with Crippen LogP contribution in [0.2, 0.25) is 0 Å². The summed E-state index contributed by atoms with van der Waals surface area (Å²) in [5.74, 6) is -0.798. The molecule has 0 aromatic carbocycles. The van der Waals surface area contributed by atoms with Gasteiger partial charge in [0.25, 0.3) is 0 Å². The van der Waals surface area contributed by atoms with E-state index in [1.54, 1.807) is 82.4 Å². The number of aromatic nitrogens is 8. The van der Waals surface area contributed by atoms with Crippen LogP contribution >= 0.6 is 28.2 Å². The monoisotopic (exact) mass is 721 g/mol. The molecule has 0 bridgehead atoms. The molecule has 0 spiro atoms. The van der Waals surface area contributed by atoms with E-state index in [1.807, 2.05) is 36.4 Å². The molecule has 0 aliphatic heterocycles. The average molecular weight is 722 g/mol. The minimum absolute atomic E-state index is 0.0641. The van der Waals surface area contributed by atoms with Crippen LogP contribution in [0.25, 0.3) is 44.1 Å². The van der Waals surface area contributed by atoms with E-state index in [-0.39, 0.29) is 17.1 Å². The summed E-state index contributed by atoms with van der Waals surface area (Å²) in [5, 5.41) is 21.0. The van der Waals surface area contributed by atoms with E-state index in [9.17, 15) is 14.4 Å². The first-order valence-corrected chi connectivity index (χ1v) is 16.3. The van der Waals surface area contributed by atoms with Crippen molar-refractivity contribution >= 4 is 89.8 Å². The molecule has 8 heterocycles. The van der Waals surface area contributed by atoms with Crippen LogP contribution in [0, 0.1) is 11.3 Å². The number of aromatic carboxylic acids is 1. The third-order valence-electron chi connectivity index (χ3n) is 7.33. The number of carbonyl (C=O) groups is 3. The number of hydrogen-bond acceptors (Lipinski definition) is 8. The fraction of sp³-hybridized carbons (Fsp3) is 0.0588. The van der Waals surface area contributed by atoms with Gasteiger partial charge in [-0.1, -0.05) is 0 Å². The molecule has 13 nitrogen and oxygen atoms in total. The van der Waals surface area contributed by atoms with Crippen molar-refractivity contribution in [3.63, 3.8) is 0 Å². The maximum Gasteiger partial charge on any atom is 0.337 e. The summed E-state index contributed by atoms with van der Waals surface area (Å²) in [6, 6.07) is 16.7. The van der Waals surface area contributed by atoms with Crippen LogP contribution in [0.4, 0.5) is 0 Å². The first-order chi connectivity index (χ1) is 24.0. The van der Waals surface area contributed by atoms with E-state index in [0.717, 1.165) is 38.7 Å². The van der Waals surface area contributed by atoms with Crippen molar-refractivity contribution in [2.24, 2.45) is 0 Å². The lowest BCUT2D eigenvalue weighted by Crippen LogP contribution is -1.93. The summed E-state index contributed by atoms with van der Waals surface area (Å²) in [6.45, 7) is 3.11. The Morgan fingerprint density at radius 3 is 1.62 bits per heavy atom. The zero-order valence-corrected chi connectivity index (χ0v) is 30.2. The molecular formula is C34H30N9O4P3. The highest BCUT2D eigenvalue weighted by molar-refractivity contribution is 7.15. The molecule has 0 saturated carbocycles. The fourth-order valence-electron chi connectivity index (χ4n) is 5.04. The molecule has 0 fully saturated rings. The number of nitriles is 1. The number of aromatic amines is 1. The maximum absolute atomic E-state index is 11.2. The van der Waals surface area contributed by atoms with Gasteiger partial charge in [-0.3, -0.25) is 9.59 Å². The van der Waals surface area contributed by atoms with Gasteiger partial charge in [0.1, 0.15) is 28.7 Å². The molecule has 3 unspecified atom stereocenters.